The SMILES string of the molecule is O=C(NCC1CC1)[C@]12CCCN(CC3CC3)C[C@H]1CN(c1ncccn1)C2. The second kappa shape index (κ2) is 7.04. The van der Waals surface area contributed by atoms with Crippen LogP contribution in [-0.2, 0) is 4.79 Å². The van der Waals surface area contributed by atoms with Crippen LogP contribution in [0.4, 0.5) is 5.95 Å². The summed E-state index contributed by atoms with van der Waals surface area (Å²) in [5, 5.41) is 3.32. The number of likely N-dealkylation sites (tertiary alicyclic amines) is 1. The second-order valence-electron chi connectivity index (χ2n) is 9.24. The maximum atomic E-state index is 13.4. The van der Waals surface area contributed by atoms with Crippen molar-refractivity contribution in [3.63, 3.8) is 0 Å². The lowest BCUT2D eigenvalue weighted by molar-refractivity contribution is -0.132. The third-order valence-electron chi connectivity index (χ3n) is 7.02. The van der Waals surface area contributed by atoms with E-state index in [1.165, 1.54) is 32.2 Å². The first-order valence-corrected chi connectivity index (χ1v) is 10.8. The summed E-state index contributed by atoms with van der Waals surface area (Å²) in [5.41, 5.74) is -0.285. The summed E-state index contributed by atoms with van der Waals surface area (Å²) in [4.78, 5) is 27.2. The van der Waals surface area contributed by atoms with Gasteiger partial charge in [0, 0.05) is 51.0 Å². The Morgan fingerprint density at radius 3 is 2.67 bits per heavy atom. The molecule has 0 aromatic carbocycles. The number of hydrogen-bond acceptors (Lipinski definition) is 5. The average molecular weight is 370 g/mol. The van der Waals surface area contributed by atoms with Crippen molar-refractivity contribution in [2.24, 2.45) is 23.2 Å². The molecule has 146 valence electrons. The largest absolute Gasteiger partial charge is 0.355 e. The Balaban J connectivity index is 1.37. The van der Waals surface area contributed by atoms with Crippen molar-refractivity contribution in [2.45, 2.75) is 38.5 Å². The number of carbonyl (C=O) groups excluding carboxylic acids is 1. The van der Waals surface area contributed by atoms with E-state index in [1.807, 2.05) is 6.07 Å². The average Bonchev–Trinajstić information content (AvgIpc) is 3.60. The molecule has 3 heterocycles. The molecule has 4 fully saturated rings. The Bertz CT molecular complexity index is 674. The van der Waals surface area contributed by atoms with Gasteiger partial charge in [-0.15, -0.1) is 0 Å². The number of nitrogens with zero attached hydrogens (tertiary/aromatic N) is 4. The number of nitrogens with one attached hydrogen (secondary N) is 1. The van der Waals surface area contributed by atoms with Gasteiger partial charge in [0.2, 0.25) is 11.9 Å². The number of rotatable bonds is 6. The highest BCUT2D eigenvalue weighted by Gasteiger charge is 2.53. The molecule has 1 aromatic heterocycles. The molecule has 0 bridgehead atoms. The minimum absolute atomic E-state index is 0.283. The van der Waals surface area contributed by atoms with E-state index in [4.69, 9.17) is 0 Å². The molecular weight excluding hydrogens is 338 g/mol. The maximum absolute atomic E-state index is 13.4. The highest BCUT2D eigenvalue weighted by molar-refractivity contribution is 5.84. The van der Waals surface area contributed by atoms with E-state index in [0.717, 1.165) is 63.3 Å². The second-order valence-corrected chi connectivity index (χ2v) is 9.24. The molecule has 6 heteroatoms. The van der Waals surface area contributed by atoms with Crippen molar-refractivity contribution in [3.05, 3.63) is 18.5 Å². The topological polar surface area (TPSA) is 61.4 Å². The zero-order chi connectivity index (χ0) is 18.3. The van der Waals surface area contributed by atoms with Crippen LogP contribution in [0.2, 0.25) is 0 Å². The molecular formula is C21H31N5O. The van der Waals surface area contributed by atoms with Crippen LogP contribution in [0.3, 0.4) is 0 Å². The lowest BCUT2D eigenvalue weighted by Gasteiger charge is -2.32. The molecule has 2 aliphatic heterocycles. The molecule has 4 aliphatic rings. The van der Waals surface area contributed by atoms with Gasteiger partial charge in [-0.1, -0.05) is 0 Å². The lowest BCUT2D eigenvalue weighted by atomic mass is 9.74. The molecule has 2 saturated heterocycles. The first-order chi connectivity index (χ1) is 13.2. The van der Waals surface area contributed by atoms with Crippen LogP contribution in [0.15, 0.2) is 18.5 Å². The van der Waals surface area contributed by atoms with Crippen molar-refractivity contribution < 1.29 is 4.79 Å². The van der Waals surface area contributed by atoms with E-state index in [-0.39, 0.29) is 11.3 Å². The number of amides is 1. The van der Waals surface area contributed by atoms with E-state index < -0.39 is 0 Å². The van der Waals surface area contributed by atoms with E-state index >= 15 is 0 Å². The fourth-order valence-electron chi connectivity index (χ4n) is 5.06. The molecule has 1 aromatic rings. The summed E-state index contributed by atoms with van der Waals surface area (Å²) in [6.07, 6.45) is 11.0. The summed E-state index contributed by atoms with van der Waals surface area (Å²) in [7, 11) is 0. The Morgan fingerprint density at radius 2 is 1.93 bits per heavy atom. The number of fused-ring (bicyclic) bond motifs is 1. The fraction of sp³-hybridized carbons (Fsp3) is 0.762. The van der Waals surface area contributed by atoms with Crippen LogP contribution >= 0.6 is 0 Å². The van der Waals surface area contributed by atoms with Gasteiger partial charge in [0.25, 0.3) is 0 Å². The maximum Gasteiger partial charge on any atom is 0.228 e. The molecule has 2 saturated carbocycles. The van der Waals surface area contributed by atoms with Crippen molar-refractivity contribution in [1.29, 1.82) is 0 Å². The van der Waals surface area contributed by atoms with Crippen molar-refractivity contribution in [3.8, 4) is 0 Å². The van der Waals surface area contributed by atoms with E-state index in [1.54, 1.807) is 12.4 Å². The van der Waals surface area contributed by atoms with Gasteiger partial charge in [0.15, 0.2) is 0 Å². The minimum Gasteiger partial charge on any atom is -0.355 e. The Labute approximate surface area is 161 Å². The molecule has 0 spiro atoms. The molecule has 1 amide bonds. The Kier molecular flexibility index (Phi) is 4.54. The predicted molar refractivity (Wildman–Crippen MR) is 104 cm³/mol. The van der Waals surface area contributed by atoms with Crippen LogP contribution in [0.5, 0.6) is 0 Å². The van der Waals surface area contributed by atoms with Crippen molar-refractivity contribution in [1.82, 2.24) is 20.2 Å². The normalized spacial score (nSPS) is 31.4. The van der Waals surface area contributed by atoms with Crippen LogP contribution in [0, 0.1) is 23.2 Å². The Morgan fingerprint density at radius 1 is 1.15 bits per heavy atom. The number of anilines is 1. The monoisotopic (exact) mass is 369 g/mol. The van der Waals surface area contributed by atoms with E-state index in [9.17, 15) is 4.79 Å². The molecule has 0 radical (unpaired) electrons. The van der Waals surface area contributed by atoms with Crippen LogP contribution < -0.4 is 10.2 Å². The van der Waals surface area contributed by atoms with Gasteiger partial charge in [0.05, 0.1) is 5.41 Å². The molecule has 5 rings (SSSR count). The quantitative estimate of drug-likeness (QED) is 0.830. The highest BCUT2D eigenvalue weighted by Crippen LogP contribution is 2.44. The lowest BCUT2D eigenvalue weighted by Crippen LogP contribution is -2.48. The number of hydrogen-bond donors (Lipinski definition) is 1. The third kappa shape index (κ3) is 3.68. The Hall–Kier alpha value is -1.69. The summed E-state index contributed by atoms with van der Waals surface area (Å²) < 4.78 is 0. The molecule has 2 atom stereocenters. The number of carbonyl (C=O) groups is 1. The summed E-state index contributed by atoms with van der Waals surface area (Å²) in [6.45, 7) is 5.92. The fourth-order valence-corrected chi connectivity index (χ4v) is 5.06. The summed E-state index contributed by atoms with van der Waals surface area (Å²) in [5.74, 6) is 3.04. The van der Waals surface area contributed by atoms with Gasteiger partial charge in [-0.05, 0) is 63.0 Å². The first kappa shape index (κ1) is 17.4. The summed E-state index contributed by atoms with van der Waals surface area (Å²) >= 11 is 0. The van der Waals surface area contributed by atoms with Crippen LogP contribution in [0.1, 0.15) is 38.5 Å². The standard InChI is InChI=1S/C21H31N5O/c27-19(24-11-16-3-4-16)21-7-1-10-25(12-17-5-6-17)13-18(21)14-26(15-21)20-22-8-2-9-23-20/h2,8-9,16-18H,1,3-7,10-15H2,(H,24,27)/t18-,21-/m0/s1. The minimum atomic E-state index is -0.285. The third-order valence-corrected chi connectivity index (χ3v) is 7.02. The van der Waals surface area contributed by atoms with Crippen LogP contribution in [-0.4, -0.2) is 60.0 Å². The number of aromatic nitrogens is 2. The van der Waals surface area contributed by atoms with Gasteiger partial charge in [-0.2, -0.15) is 0 Å². The van der Waals surface area contributed by atoms with Gasteiger partial charge in [0.1, 0.15) is 0 Å². The van der Waals surface area contributed by atoms with E-state index in [0.29, 0.717) is 5.92 Å². The van der Waals surface area contributed by atoms with Gasteiger partial charge < -0.3 is 15.1 Å². The molecule has 27 heavy (non-hydrogen) atoms. The zero-order valence-electron chi connectivity index (χ0n) is 16.1. The van der Waals surface area contributed by atoms with Crippen LogP contribution in [0.25, 0.3) is 0 Å². The molecule has 2 aliphatic carbocycles. The smallest absolute Gasteiger partial charge is 0.228 e. The molecule has 6 nitrogen and oxygen atoms in total. The van der Waals surface area contributed by atoms with E-state index in [2.05, 4.69) is 25.1 Å². The predicted octanol–water partition coefficient (Wildman–Crippen LogP) is 1.93. The zero-order valence-corrected chi connectivity index (χ0v) is 16.1. The highest BCUT2D eigenvalue weighted by atomic mass is 16.2. The molecule has 1 N–H and O–H groups in total. The summed E-state index contributed by atoms with van der Waals surface area (Å²) in [6, 6.07) is 1.85. The van der Waals surface area contributed by atoms with Gasteiger partial charge in [-0.3, -0.25) is 4.79 Å². The van der Waals surface area contributed by atoms with Crippen molar-refractivity contribution in [2.75, 3.05) is 44.2 Å². The van der Waals surface area contributed by atoms with Gasteiger partial charge >= 0.3 is 0 Å². The first-order valence-electron chi connectivity index (χ1n) is 10.8. The molecule has 0 unspecified atom stereocenters. The van der Waals surface area contributed by atoms with Crippen molar-refractivity contribution >= 4 is 11.9 Å². The van der Waals surface area contributed by atoms with Gasteiger partial charge in [-0.25, -0.2) is 9.97 Å².